The molecule has 2 aromatic rings. The number of aliphatic hydroxyl groups excluding tert-OH is 1. The molecular formula is C8H7NO2. The van der Waals surface area contributed by atoms with Crippen LogP contribution >= 0.6 is 0 Å². The van der Waals surface area contributed by atoms with Gasteiger partial charge in [-0.15, -0.1) is 0 Å². The first kappa shape index (κ1) is 6.37. The van der Waals surface area contributed by atoms with Crippen LogP contribution in [0.2, 0.25) is 0 Å². The van der Waals surface area contributed by atoms with Crippen LogP contribution in [0, 0.1) is 0 Å². The lowest BCUT2D eigenvalue weighted by molar-refractivity contribution is 0.283. The number of hydrogen-bond donors (Lipinski definition) is 1. The molecule has 3 heteroatoms. The average molecular weight is 149 g/mol. The van der Waals surface area contributed by atoms with Gasteiger partial charge < -0.3 is 9.52 Å². The lowest BCUT2D eigenvalue weighted by Gasteiger charge is -1.93. The predicted molar refractivity (Wildman–Crippen MR) is 39.9 cm³/mol. The van der Waals surface area contributed by atoms with Crippen molar-refractivity contribution in [2.45, 2.75) is 6.61 Å². The van der Waals surface area contributed by atoms with E-state index < -0.39 is 0 Å². The monoisotopic (exact) mass is 149 g/mol. The van der Waals surface area contributed by atoms with Gasteiger partial charge in [0.2, 0.25) is 0 Å². The van der Waals surface area contributed by atoms with Gasteiger partial charge in [0, 0.05) is 5.56 Å². The summed E-state index contributed by atoms with van der Waals surface area (Å²) in [7, 11) is 0. The molecule has 0 bridgehead atoms. The van der Waals surface area contributed by atoms with Gasteiger partial charge in [0.05, 0.1) is 6.61 Å². The maximum absolute atomic E-state index is 8.87. The van der Waals surface area contributed by atoms with Gasteiger partial charge in [-0.25, -0.2) is 4.98 Å². The molecule has 1 N–H and O–H groups in total. The molecule has 0 atom stereocenters. The number of rotatable bonds is 1. The van der Waals surface area contributed by atoms with E-state index in [1.165, 1.54) is 6.39 Å². The zero-order chi connectivity index (χ0) is 7.68. The molecule has 0 fully saturated rings. The number of para-hydroxylation sites is 1. The van der Waals surface area contributed by atoms with Crippen molar-refractivity contribution in [3.8, 4) is 0 Å². The molecule has 0 spiro atoms. The molecule has 0 unspecified atom stereocenters. The van der Waals surface area contributed by atoms with Crippen molar-refractivity contribution in [3.05, 3.63) is 30.2 Å². The van der Waals surface area contributed by atoms with E-state index in [1.807, 2.05) is 18.2 Å². The highest BCUT2D eigenvalue weighted by molar-refractivity contribution is 5.75. The SMILES string of the molecule is OCc1cccc2ocnc12. The first-order valence-corrected chi connectivity index (χ1v) is 3.34. The van der Waals surface area contributed by atoms with Gasteiger partial charge in [-0.05, 0) is 6.07 Å². The molecule has 2 rings (SSSR count). The van der Waals surface area contributed by atoms with E-state index in [0.29, 0.717) is 0 Å². The molecular weight excluding hydrogens is 142 g/mol. The predicted octanol–water partition coefficient (Wildman–Crippen LogP) is 1.32. The summed E-state index contributed by atoms with van der Waals surface area (Å²) in [5, 5.41) is 8.87. The molecule has 1 aromatic heterocycles. The summed E-state index contributed by atoms with van der Waals surface area (Å²) in [5.41, 5.74) is 2.27. The van der Waals surface area contributed by atoms with Gasteiger partial charge in [-0.2, -0.15) is 0 Å². The number of hydrogen-bond acceptors (Lipinski definition) is 3. The lowest BCUT2D eigenvalue weighted by Crippen LogP contribution is -1.83. The van der Waals surface area contributed by atoms with Gasteiger partial charge in [0.1, 0.15) is 5.52 Å². The smallest absolute Gasteiger partial charge is 0.181 e. The Kier molecular flexibility index (Phi) is 1.36. The van der Waals surface area contributed by atoms with Gasteiger partial charge in [-0.3, -0.25) is 0 Å². The highest BCUT2D eigenvalue weighted by Crippen LogP contribution is 2.16. The average Bonchev–Trinajstić information content (AvgIpc) is 2.50. The molecule has 0 aliphatic heterocycles. The lowest BCUT2D eigenvalue weighted by atomic mass is 10.2. The van der Waals surface area contributed by atoms with Gasteiger partial charge in [-0.1, -0.05) is 12.1 Å². The van der Waals surface area contributed by atoms with Crippen molar-refractivity contribution in [1.29, 1.82) is 0 Å². The first-order valence-electron chi connectivity index (χ1n) is 3.34. The van der Waals surface area contributed by atoms with E-state index in [1.54, 1.807) is 0 Å². The first-order chi connectivity index (χ1) is 5.42. The Hall–Kier alpha value is -1.35. The van der Waals surface area contributed by atoms with Crippen molar-refractivity contribution in [2.24, 2.45) is 0 Å². The Morgan fingerprint density at radius 1 is 1.45 bits per heavy atom. The highest BCUT2D eigenvalue weighted by Gasteiger charge is 2.01. The topological polar surface area (TPSA) is 46.3 Å². The van der Waals surface area contributed by atoms with Crippen LogP contribution in [0.5, 0.6) is 0 Å². The van der Waals surface area contributed by atoms with Crippen LogP contribution < -0.4 is 0 Å². The van der Waals surface area contributed by atoms with Crippen molar-refractivity contribution in [2.75, 3.05) is 0 Å². The summed E-state index contributed by atoms with van der Waals surface area (Å²) >= 11 is 0. The standard InChI is InChI=1S/C8H7NO2/c10-4-6-2-1-3-7-8(6)9-5-11-7/h1-3,5,10H,4H2. The molecule has 0 aliphatic carbocycles. The second kappa shape index (κ2) is 2.36. The summed E-state index contributed by atoms with van der Waals surface area (Å²) in [4.78, 5) is 3.96. The minimum absolute atomic E-state index is 0.00384. The molecule has 0 aliphatic rings. The molecule has 0 amide bonds. The third kappa shape index (κ3) is 0.897. The van der Waals surface area contributed by atoms with Gasteiger partial charge in [0.15, 0.2) is 12.0 Å². The van der Waals surface area contributed by atoms with Crippen LogP contribution in [0.3, 0.4) is 0 Å². The normalized spacial score (nSPS) is 10.6. The van der Waals surface area contributed by atoms with E-state index in [-0.39, 0.29) is 6.61 Å². The maximum atomic E-state index is 8.87. The van der Waals surface area contributed by atoms with Crippen molar-refractivity contribution in [3.63, 3.8) is 0 Å². The zero-order valence-corrected chi connectivity index (χ0v) is 5.82. The van der Waals surface area contributed by atoms with Crippen LogP contribution in [0.15, 0.2) is 29.0 Å². The molecule has 11 heavy (non-hydrogen) atoms. The van der Waals surface area contributed by atoms with E-state index in [9.17, 15) is 0 Å². The van der Waals surface area contributed by atoms with E-state index >= 15 is 0 Å². The molecule has 1 aromatic carbocycles. The molecule has 0 saturated heterocycles. The third-order valence-electron chi connectivity index (χ3n) is 1.61. The van der Waals surface area contributed by atoms with Crippen LogP contribution in [-0.4, -0.2) is 10.1 Å². The Labute approximate surface area is 63.3 Å². The minimum Gasteiger partial charge on any atom is -0.443 e. The Bertz CT molecular complexity index is 367. The van der Waals surface area contributed by atoms with Gasteiger partial charge in [0.25, 0.3) is 0 Å². The minimum atomic E-state index is 0.00384. The molecule has 0 saturated carbocycles. The van der Waals surface area contributed by atoms with Crippen LogP contribution in [0.25, 0.3) is 11.1 Å². The second-order valence-corrected chi connectivity index (χ2v) is 2.27. The van der Waals surface area contributed by atoms with Crippen molar-refractivity contribution < 1.29 is 9.52 Å². The van der Waals surface area contributed by atoms with Crippen LogP contribution in [-0.2, 0) is 6.61 Å². The fourth-order valence-corrected chi connectivity index (χ4v) is 1.07. The number of aromatic nitrogens is 1. The molecule has 1 heterocycles. The number of benzene rings is 1. The van der Waals surface area contributed by atoms with Gasteiger partial charge >= 0.3 is 0 Å². The van der Waals surface area contributed by atoms with E-state index in [4.69, 9.17) is 9.52 Å². The summed E-state index contributed by atoms with van der Waals surface area (Å²) in [6.45, 7) is 0.00384. The highest BCUT2D eigenvalue weighted by atomic mass is 16.3. The fourth-order valence-electron chi connectivity index (χ4n) is 1.07. The number of fused-ring (bicyclic) bond motifs is 1. The van der Waals surface area contributed by atoms with Crippen LogP contribution in [0.1, 0.15) is 5.56 Å². The van der Waals surface area contributed by atoms with E-state index in [0.717, 1.165) is 16.7 Å². The number of oxazole rings is 1. The fraction of sp³-hybridized carbons (Fsp3) is 0.125. The number of aliphatic hydroxyl groups is 1. The number of nitrogens with zero attached hydrogens (tertiary/aromatic N) is 1. The largest absolute Gasteiger partial charge is 0.443 e. The van der Waals surface area contributed by atoms with Crippen LogP contribution in [0.4, 0.5) is 0 Å². The molecule has 56 valence electrons. The summed E-state index contributed by atoms with van der Waals surface area (Å²) in [6.07, 6.45) is 1.38. The van der Waals surface area contributed by atoms with Crippen molar-refractivity contribution in [1.82, 2.24) is 4.98 Å². The summed E-state index contributed by atoms with van der Waals surface area (Å²) in [6, 6.07) is 5.48. The Balaban J connectivity index is 2.79. The Morgan fingerprint density at radius 3 is 3.18 bits per heavy atom. The third-order valence-corrected chi connectivity index (χ3v) is 1.61. The maximum Gasteiger partial charge on any atom is 0.181 e. The quantitative estimate of drug-likeness (QED) is 0.665. The Morgan fingerprint density at radius 2 is 2.36 bits per heavy atom. The summed E-state index contributed by atoms with van der Waals surface area (Å²) < 4.78 is 5.04. The zero-order valence-electron chi connectivity index (χ0n) is 5.82. The summed E-state index contributed by atoms with van der Waals surface area (Å²) in [5.74, 6) is 0. The second-order valence-electron chi connectivity index (χ2n) is 2.27. The molecule has 3 nitrogen and oxygen atoms in total. The van der Waals surface area contributed by atoms with E-state index in [2.05, 4.69) is 4.98 Å². The van der Waals surface area contributed by atoms with Crippen molar-refractivity contribution >= 4 is 11.1 Å². The molecule has 0 radical (unpaired) electrons.